The van der Waals surface area contributed by atoms with Crippen LogP contribution in [0.2, 0.25) is 0 Å². The summed E-state index contributed by atoms with van der Waals surface area (Å²) in [6, 6.07) is 12.3. The fourth-order valence-electron chi connectivity index (χ4n) is 3.17. The summed E-state index contributed by atoms with van der Waals surface area (Å²) in [5.74, 6) is -0.311. The second kappa shape index (κ2) is 8.12. The summed E-state index contributed by atoms with van der Waals surface area (Å²) in [6.45, 7) is 2.16. The molecule has 0 aromatic heterocycles. The van der Waals surface area contributed by atoms with Gasteiger partial charge in [0.15, 0.2) is 0 Å². The second-order valence-electron chi connectivity index (χ2n) is 6.70. The van der Waals surface area contributed by atoms with E-state index in [4.69, 9.17) is 4.74 Å². The molecule has 7 nitrogen and oxygen atoms in total. The van der Waals surface area contributed by atoms with Crippen LogP contribution in [-0.2, 0) is 9.59 Å². The molecule has 0 bridgehead atoms. The van der Waals surface area contributed by atoms with Crippen molar-refractivity contribution < 1.29 is 19.1 Å². The third-order valence-electron chi connectivity index (χ3n) is 4.86. The van der Waals surface area contributed by atoms with Crippen LogP contribution in [0.25, 0.3) is 0 Å². The molecule has 28 heavy (non-hydrogen) atoms. The summed E-state index contributed by atoms with van der Waals surface area (Å²) in [4.78, 5) is 38.6. The molecular formula is C21H23N3O4. The topological polar surface area (TPSA) is 87.7 Å². The van der Waals surface area contributed by atoms with Gasteiger partial charge in [0.2, 0.25) is 11.8 Å². The fourth-order valence-corrected chi connectivity index (χ4v) is 3.17. The predicted octanol–water partition coefficient (Wildman–Crippen LogP) is 2.35. The van der Waals surface area contributed by atoms with Gasteiger partial charge in [0, 0.05) is 37.0 Å². The lowest BCUT2D eigenvalue weighted by atomic mass is 10.1. The number of methoxy groups -OCH3 is 1. The molecule has 0 saturated carbocycles. The molecule has 2 aromatic rings. The van der Waals surface area contributed by atoms with E-state index in [9.17, 15) is 14.4 Å². The molecule has 1 aliphatic rings. The number of amides is 3. The highest BCUT2D eigenvalue weighted by Crippen LogP contribution is 2.28. The van der Waals surface area contributed by atoms with Crippen molar-refractivity contribution in [2.24, 2.45) is 5.92 Å². The standard InChI is InChI=1S/C21H23N3O4/c1-13-4-5-14(20(26)22-2)10-18(13)23-21(27)15-11-19(25)24(12-15)16-6-8-17(28-3)9-7-16/h4-10,15H,11-12H2,1-3H3,(H,22,26)(H,23,27). The van der Waals surface area contributed by atoms with Gasteiger partial charge in [0.05, 0.1) is 13.0 Å². The lowest BCUT2D eigenvalue weighted by Crippen LogP contribution is -2.28. The van der Waals surface area contributed by atoms with Gasteiger partial charge in [-0.25, -0.2) is 0 Å². The van der Waals surface area contributed by atoms with Crippen LogP contribution in [0.3, 0.4) is 0 Å². The van der Waals surface area contributed by atoms with Crippen LogP contribution in [0, 0.1) is 12.8 Å². The van der Waals surface area contributed by atoms with Crippen LogP contribution in [0.4, 0.5) is 11.4 Å². The van der Waals surface area contributed by atoms with Gasteiger partial charge in [-0.3, -0.25) is 14.4 Å². The Morgan fingerprint density at radius 1 is 1.14 bits per heavy atom. The summed E-state index contributed by atoms with van der Waals surface area (Å²) in [7, 11) is 3.13. The lowest BCUT2D eigenvalue weighted by Gasteiger charge is -2.17. The van der Waals surface area contributed by atoms with E-state index in [1.807, 2.05) is 6.92 Å². The fraction of sp³-hybridized carbons (Fsp3) is 0.286. The van der Waals surface area contributed by atoms with Crippen molar-refractivity contribution in [1.29, 1.82) is 0 Å². The first-order chi connectivity index (χ1) is 13.4. The molecule has 2 aromatic carbocycles. The quantitative estimate of drug-likeness (QED) is 0.832. The number of carbonyl (C=O) groups excluding carboxylic acids is 3. The number of hydrogen-bond donors (Lipinski definition) is 2. The second-order valence-corrected chi connectivity index (χ2v) is 6.70. The van der Waals surface area contributed by atoms with Crippen LogP contribution in [-0.4, -0.2) is 38.4 Å². The monoisotopic (exact) mass is 381 g/mol. The largest absolute Gasteiger partial charge is 0.497 e. The summed E-state index contributed by atoms with van der Waals surface area (Å²) < 4.78 is 5.13. The number of nitrogens with zero attached hydrogens (tertiary/aromatic N) is 1. The van der Waals surface area contributed by atoms with Gasteiger partial charge >= 0.3 is 0 Å². The zero-order valence-corrected chi connectivity index (χ0v) is 16.1. The smallest absolute Gasteiger partial charge is 0.251 e. The molecule has 1 unspecified atom stereocenters. The van der Waals surface area contributed by atoms with E-state index in [0.29, 0.717) is 23.5 Å². The Morgan fingerprint density at radius 3 is 2.50 bits per heavy atom. The van der Waals surface area contributed by atoms with Gasteiger partial charge in [-0.1, -0.05) is 6.07 Å². The highest BCUT2D eigenvalue weighted by atomic mass is 16.5. The molecule has 1 aliphatic heterocycles. The molecule has 1 saturated heterocycles. The minimum absolute atomic E-state index is 0.0962. The lowest BCUT2D eigenvalue weighted by molar-refractivity contribution is -0.122. The maximum absolute atomic E-state index is 12.7. The molecule has 7 heteroatoms. The third-order valence-corrected chi connectivity index (χ3v) is 4.86. The first kappa shape index (κ1) is 19.4. The van der Waals surface area contributed by atoms with Crippen LogP contribution in [0.5, 0.6) is 5.75 Å². The van der Waals surface area contributed by atoms with Crippen LogP contribution in [0.15, 0.2) is 42.5 Å². The minimum Gasteiger partial charge on any atom is -0.497 e. The summed E-state index contributed by atoms with van der Waals surface area (Å²) >= 11 is 0. The first-order valence-corrected chi connectivity index (χ1v) is 9.01. The Balaban J connectivity index is 1.72. The van der Waals surface area contributed by atoms with Crippen molar-refractivity contribution in [3.05, 3.63) is 53.6 Å². The highest BCUT2D eigenvalue weighted by molar-refractivity contribution is 6.04. The van der Waals surface area contributed by atoms with E-state index < -0.39 is 5.92 Å². The van der Waals surface area contributed by atoms with Crippen molar-refractivity contribution in [1.82, 2.24) is 5.32 Å². The van der Waals surface area contributed by atoms with E-state index in [1.165, 1.54) is 0 Å². The van der Waals surface area contributed by atoms with Crippen molar-refractivity contribution in [3.8, 4) is 5.75 Å². The SMILES string of the molecule is CNC(=O)c1ccc(C)c(NC(=O)C2CC(=O)N(c3ccc(OC)cc3)C2)c1. The molecule has 0 spiro atoms. The number of ether oxygens (including phenoxy) is 1. The van der Waals surface area contributed by atoms with Crippen LogP contribution >= 0.6 is 0 Å². The van der Waals surface area contributed by atoms with E-state index in [2.05, 4.69) is 10.6 Å². The normalized spacial score (nSPS) is 16.0. The molecule has 2 N–H and O–H groups in total. The highest BCUT2D eigenvalue weighted by Gasteiger charge is 2.35. The zero-order chi connectivity index (χ0) is 20.3. The van der Waals surface area contributed by atoms with Gasteiger partial charge < -0.3 is 20.3 Å². The molecule has 3 rings (SSSR count). The Labute approximate surface area is 163 Å². The molecule has 0 radical (unpaired) electrons. The van der Waals surface area contributed by atoms with E-state index >= 15 is 0 Å². The Kier molecular flexibility index (Phi) is 5.63. The molecule has 0 aliphatic carbocycles. The van der Waals surface area contributed by atoms with Gasteiger partial charge in [-0.05, 0) is 48.9 Å². The van der Waals surface area contributed by atoms with Crippen molar-refractivity contribution in [2.75, 3.05) is 30.9 Å². The van der Waals surface area contributed by atoms with Crippen molar-refractivity contribution in [3.63, 3.8) is 0 Å². The van der Waals surface area contributed by atoms with Gasteiger partial charge in [0.1, 0.15) is 5.75 Å². The van der Waals surface area contributed by atoms with Crippen LogP contribution < -0.4 is 20.3 Å². The summed E-state index contributed by atoms with van der Waals surface area (Å²) in [6.07, 6.45) is 0.145. The average molecular weight is 381 g/mol. The number of carbonyl (C=O) groups is 3. The number of nitrogens with one attached hydrogen (secondary N) is 2. The zero-order valence-electron chi connectivity index (χ0n) is 16.1. The molecule has 3 amide bonds. The average Bonchev–Trinajstić information content (AvgIpc) is 3.11. The van der Waals surface area contributed by atoms with E-state index in [0.717, 1.165) is 11.3 Å². The first-order valence-electron chi connectivity index (χ1n) is 9.01. The Hall–Kier alpha value is -3.35. The number of rotatable bonds is 5. The summed E-state index contributed by atoms with van der Waals surface area (Å²) in [5.41, 5.74) is 2.61. The maximum atomic E-state index is 12.7. The van der Waals surface area contributed by atoms with Crippen LogP contribution in [0.1, 0.15) is 22.3 Å². The number of anilines is 2. The van der Waals surface area contributed by atoms with Gasteiger partial charge in [-0.15, -0.1) is 0 Å². The number of hydrogen-bond acceptors (Lipinski definition) is 4. The number of benzene rings is 2. The minimum atomic E-state index is -0.461. The molecule has 1 atom stereocenters. The maximum Gasteiger partial charge on any atom is 0.251 e. The molecule has 1 fully saturated rings. The third kappa shape index (κ3) is 3.98. The van der Waals surface area contributed by atoms with Gasteiger partial charge in [0.25, 0.3) is 5.91 Å². The molecule has 1 heterocycles. The Bertz CT molecular complexity index is 908. The number of aryl methyl sites for hydroxylation is 1. The molecule has 146 valence electrons. The Morgan fingerprint density at radius 2 is 1.86 bits per heavy atom. The van der Waals surface area contributed by atoms with Gasteiger partial charge in [-0.2, -0.15) is 0 Å². The predicted molar refractivity (Wildman–Crippen MR) is 107 cm³/mol. The summed E-state index contributed by atoms with van der Waals surface area (Å²) in [5, 5.41) is 5.43. The van der Waals surface area contributed by atoms with E-state index in [1.54, 1.807) is 61.5 Å². The molecular weight excluding hydrogens is 358 g/mol. The van der Waals surface area contributed by atoms with E-state index in [-0.39, 0.29) is 24.1 Å². The van der Waals surface area contributed by atoms with Crippen molar-refractivity contribution >= 4 is 29.1 Å². The van der Waals surface area contributed by atoms with Crippen molar-refractivity contribution in [2.45, 2.75) is 13.3 Å².